The highest BCUT2D eigenvalue weighted by Crippen LogP contribution is 2.14. The summed E-state index contributed by atoms with van der Waals surface area (Å²) >= 11 is 1.67. The summed E-state index contributed by atoms with van der Waals surface area (Å²) in [7, 11) is 0. The molecule has 0 aliphatic rings. The summed E-state index contributed by atoms with van der Waals surface area (Å²) in [5.41, 5.74) is 1.20. The smallest absolute Gasteiger partial charge is 0.323 e. The maximum absolute atomic E-state index is 5.54. The molecule has 0 radical (unpaired) electrons. The third-order valence-electron chi connectivity index (χ3n) is 2.32. The van der Waals surface area contributed by atoms with Crippen LogP contribution in [0.4, 0.5) is 11.9 Å². The average Bonchev–Trinajstić information content (AvgIpc) is 2.89. The van der Waals surface area contributed by atoms with E-state index >= 15 is 0 Å². The molecular weight excluding hydrogens is 274 g/mol. The second-order valence-corrected chi connectivity index (χ2v) is 5.23. The number of aromatic nitrogens is 3. The van der Waals surface area contributed by atoms with Crippen LogP contribution in [0.5, 0.6) is 6.01 Å². The molecule has 0 aliphatic heterocycles. The van der Waals surface area contributed by atoms with Crippen molar-refractivity contribution in [2.24, 2.45) is 0 Å². The van der Waals surface area contributed by atoms with E-state index in [-0.39, 0.29) is 6.10 Å². The predicted molar refractivity (Wildman–Crippen MR) is 81.4 cm³/mol. The highest BCUT2D eigenvalue weighted by atomic mass is 32.1. The van der Waals surface area contributed by atoms with E-state index in [2.05, 4.69) is 37.0 Å². The average molecular weight is 293 g/mol. The minimum atomic E-state index is 0.0246. The van der Waals surface area contributed by atoms with Crippen molar-refractivity contribution >= 4 is 23.2 Å². The van der Waals surface area contributed by atoms with Gasteiger partial charge in [0.25, 0.3) is 0 Å². The van der Waals surface area contributed by atoms with Gasteiger partial charge >= 0.3 is 6.01 Å². The fraction of sp³-hybridized carbons (Fsp3) is 0.462. The van der Waals surface area contributed by atoms with Crippen molar-refractivity contribution in [1.82, 2.24) is 15.0 Å². The molecule has 0 saturated carbocycles. The molecule has 0 fully saturated rings. The fourth-order valence-electron chi connectivity index (χ4n) is 1.51. The van der Waals surface area contributed by atoms with Crippen LogP contribution in [-0.2, 0) is 6.54 Å². The summed E-state index contributed by atoms with van der Waals surface area (Å²) in [4.78, 5) is 12.8. The summed E-state index contributed by atoms with van der Waals surface area (Å²) in [6.07, 6.45) is 0.0246. The van der Waals surface area contributed by atoms with Gasteiger partial charge in [-0.25, -0.2) is 0 Å². The third kappa shape index (κ3) is 4.34. The Hall–Kier alpha value is -1.89. The number of hydrogen-bond donors (Lipinski definition) is 2. The molecule has 108 valence electrons. The second kappa shape index (κ2) is 7.04. The zero-order chi connectivity index (χ0) is 14.4. The molecule has 2 heterocycles. The number of hydrogen-bond acceptors (Lipinski definition) is 7. The minimum Gasteiger partial charge on any atom is -0.461 e. The van der Waals surface area contributed by atoms with Crippen molar-refractivity contribution in [3.05, 3.63) is 22.4 Å². The quantitative estimate of drug-likeness (QED) is 0.818. The first-order valence-corrected chi connectivity index (χ1v) is 7.53. The van der Waals surface area contributed by atoms with E-state index in [1.807, 2.05) is 26.2 Å². The Labute approximate surface area is 122 Å². The maximum Gasteiger partial charge on any atom is 0.323 e. The molecule has 0 spiro atoms. The predicted octanol–water partition coefficient (Wildman–Crippen LogP) is 2.76. The van der Waals surface area contributed by atoms with Gasteiger partial charge in [-0.15, -0.1) is 0 Å². The lowest BCUT2D eigenvalue weighted by Crippen LogP contribution is -2.13. The number of nitrogens with one attached hydrogen (secondary N) is 2. The van der Waals surface area contributed by atoms with Gasteiger partial charge in [0.1, 0.15) is 0 Å². The van der Waals surface area contributed by atoms with Crippen LogP contribution in [0.25, 0.3) is 0 Å². The number of ether oxygens (including phenoxy) is 1. The molecule has 2 rings (SSSR count). The number of thiophene rings is 1. The number of rotatable bonds is 7. The van der Waals surface area contributed by atoms with Gasteiger partial charge in [0, 0.05) is 13.1 Å². The molecule has 2 aromatic rings. The molecule has 7 heteroatoms. The SMILES string of the molecule is CCNc1nc(NCc2ccsc2)nc(OC(C)C)n1. The van der Waals surface area contributed by atoms with Crippen LogP contribution in [0, 0.1) is 0 Å². The van der Waals surface area contributed by atoms with Gasteiger partial charge in [-0.1, -0.05) is 0 Å². The molecule has 0 aromatic carbocycles. The van der Waals surface area contributed by atoms with Crippen molar-refractivity contribution < 1.29 is 4.74 Å². The van der Waals surface area contributed by atoms with Gasteiger partial charge in [-0.2, -0.15) is 26.3 Å². The fourth-order valence-corrected chi connectivity index (χ4v) is 2.18. The topological polar surface area (TPSA) is 72.0 Å². The maximum atomic E-state index is 5.54. The van der Waals surface area contributed by atoms with Crippen molar-refractivity contribution in [3.63, 3.8) is 0 Å². The zero-order valence-electron chi connectivity index (χ0n) is 11.9. The Bertz CT molecular complexity index is 530. The van der Waals surface area contributed by atoms with Crippen LogP contribution < -0.4 is 15.4 Å². The first-order valence-electron chi connectivity index (χ1n) is 6.59. The zero-order valence-corrected chi connectivity index (χ0v) is 12.7. The minimum absolute atomic E-state index is 0.0246. The summed E-state index contributed by atoms with van der Waals surface area (Å²) in [5.74, 6) is 1.03. The molecule has 0 aliphatic carbocycles. The van der Waals surface area contributed by atoms with E-state index in [4.69, 9.17) is 4.74 Å². The monoisotopic (exact) mass is 293 g/mol. The van der Waals surface area contributed by atoms with Gasteiger partial charge < -0.3 is 15.4 Å². The van der Waals surface area contributed by atoms with Gasteiger partial charge in [0.2, 0.25) is 11.9 Å². The van der Waals surface area contributed by atoms with Crippen LogP contribution >= 0.6 is 11.3 Å². The van der Waals surface area contributed by atoms with Crippen LogP contribution in [0.3, 0.4) is 0 Å². The molecule has 0 unspecified atom stereocenters. The van der Waals surface area contributed by atoms with Gasteiger partial charge in [0.15, 0.2) is 0 Å². The number of nitrogens with zero attached hydrogens (tertiary/aromatic N) is 3. The molecular formula is C13H19N5OS. The van der Waals surface area contributed by atoms with E-state index in [1.165, 1.54) is 5.56 Å². The summed E-state index contributed by atoms with van der Waals surface area (Å²) in [5, 5.41) is 10.4. The van der Waals surface area contributed by atoms with Crippen LogP contribution in [-0.4, -0.2) is 27.6 Å². The lowest BCUT2D eigenvalue weighted by Gasteiger charge is -2.11. The lowest BCUT2D eigenvalue weighted by molar-refractivity contribution is 0.222. The highest BCUT2D eigenvalue weighted by molar-refractivity contribution is 7.07. The van der Waals surface area contributed by atoms with E-state index in [0.717, 1.165) is 6.54 Å². The van der Waals surface area contributed by atoms with Crippen molar-refractivity contribution in [1.29, 1.82) is 0 Å². The second-order valence-electron chi connectivity index (χ2n) is 4.45. The Kier molecular flexibility index (Phi) is 5.11. The van der Waals surface area contributed by atoms with E-state index in [9.17, 15) is 0 Å². The van der Waals surface area contributed by atoms with Gasteiger partial charge in [-0.3, -0.25) is 0 Å². The molecule has 20 heavy (non-hydrogen) atoms. The molecule has 0 amide bonds. The van der Waals surface area contributed by atoms with Gasteiger partial charge in [0.05, 0.1) is 6.10 Å². The summed E-state index contributed by atoms with van der Waals surface area (Å²) < 4.78 is 5.54. The van der Waals surface area contributed by atoms with Crippen LogP contribution in [0.2, 0.25) is 0 Å². The molecule has 6 nitrogen and oxygen atoms in total. The number of anilines is 2. The molecule has 0 saturated heterocycles. The Morgan fingerprint density at radius 2 is 1.95 bits per heavy atom. The van der Waals surface area contributed by atoms with E-state index < -0.39 is 0 Å². The lowest BCUT2D eigenvalue weighted by atomic mass is 10.3. The molecule has 2 N–H and O–H groups in total. The molecule has 2 aromatic heterocycles. The highest BCUT2D eigenvalue weighted by Gasteiger charge is 2.08. The van der Waals surface area contributed by atoms with E-state index in [1.54, 1.807) is 11.3 Å². The normalized spacial score (nSPS) is 10.6. The summed E-state index contributed by atoms with van der Waals surface area (Å²) in [6.45, 7) is 7.30. The Morgan fingerprint density at radius 1 is 1.20 bits per heavy atom. The molecule has 0 bridgehead atoms. The Morgan fingerprint density at radius 3 is 2.55 bits per heavy atom. The van der Waals surface area contributed by atoms with Crippen molar-refractivity contribution in [2.75, 3.05) is 17.2 Å². The largest absolute Gasteiger partial charge is 0.461 e. The van der Waals surface area contributed by atoms with Crippen LogP contribution in [0.15, 0.2) is 16.8 Å². The van der Waals surface area contributed by atoms with Crippen molar-refractivity contribution in [2.45, 2.75) is 33.4 Å². The van der Waals surface area contributed by atoms with Crippen LogP contribution in [0.1, 0.15) is 26.3 Å². The first kappa shape index (κ1) is 14.5. The summed E-state index contributed by atoms with van der Waals surface area (Å²) in [6, 6.07) is 2.40. The standard InChI is InChI=1S/C13H19N5OS/c1-4-14-11-16-12(15-7-10-5-6-20-8-10)18-13(17-11)19-9(2)3/h5-6,8-9H,4,7H2,1-3H3,(H2,14,15,16,17,18). The van der Waals surface area contributed by atoms with E-state index in [0.29, 0.717) is 24.5 Å². The first-order chi connectivity index (χ1) is 9.67. The van der Waals surface area contributed by atoms with Gasteiger partial charge in [-0.05, 0) is 43.2 Å². The Balaban J connectivity index is 2.10. The molecule has 0 atom stereocenters. The third-order valence-corrected chi connectivity index (χ3v) is 3.05. The van der Waals surface area contributed by atoms with Crippen molar-refractivity contribution in [3.8, 4) is 6.01 Å².